The Labute approximate surface area is 162 Å². The maximum Gasteiger partial charge on any atom is 0.416 e. The molecule has 0 aliphatic rings. The van der Waals surface area contributed by atoms with Crippen LogP contribution in [0.1, 0.15) is 11.1 Å². The zero-order valence-electron chi connectivity index (χ0n) is 15.2. The molecule has 0 aliphatic heterocycles. The summed E-state index contributed by atoms with van der Waals surface area (Å²) in [5.74, 6) is 0.452. The van der Waals surface area contributed by atoms with Gasteiger partial charge >= 0.3 is 6.18 Å². The van der Waals surface area contributed by atoms with Gasteiger partial charge < -0.3 is 10.1 Å². The zero-order chi connectivity index (χ0) is 20.6. The van der Waals surface area contributed by atoms with E-state index >= 15 is 0 Å². The molecule has 0 unspecified atom stereocenters. The van der Waals surface area contributed by atoms with E-state index in [1.54, 1.807) is 19.2 Å². The van der Waals surface area contributed by atoms with Crippen LogP contribution in [0.2, 0.25) is 0 Å². The van der Waals surface area contributed by atoms with Crippen molar-refractivity contribution >= 4 is 33.7 Å². The van der Waals surface area contributed by atoms with Crippen molar-refractivity contribution in [2.75, 3.05) is 12.4 Å². The average Bonchev–Trinajstić information content (AvgIpc) is 3.06. The minimum Gasteiger partial charge on any atom is -0.497 e. The smallest absolute Gasteiger partial charge is 0.416 e. The number of hydrogen-bond donors (Lipinski definition) is 2. The molecule has 2 aromatic heterocycles. The molecule has 0 spiro atoms. The van der Waals surface area contributed by atoms with Gasteiger partial charge in [0, 0.05) is 11.5 Å². The minimum atomic E-state index is -4.46. The summed E-state index contributed by atoms with van der Waals surface area (Å²) in [5, 5.41) is 10.9. The molecule has 0 fully saturated rings. The third-order valence-electron chi connectivity index (χ3n) is 4.43. The van der Waals surface area contributed by atoms with Gasteiger partial charge in [0.15, 0.2) is 11.5 Å². The largest absolute Gasteiger partial charge is 0.497 e. The van der Waals surface area contributed by atoms with Gasteiger partial charge in [-0.05, 0) is 29.8 Å². The highest BCUT2D eigenvalue weighted by Gasteiger charge is 2.30. The van der Waals surface area contributed by atoms with Crippen LogP contribution in [0.15, 0.2) is 48.5 Å². The Morgan fingerprint density at radius 1 is 1.17 bits per heavy atom. The lowest BCUT2D eigenvalue weighted by Crippen LogP contribution is -2.15. The number of carbonyl (C=O) groups excluding carboxylic acids is 1. The van der Waals surface area contributed by atoms with Crippen LogP contribution in [0.4, 0.5) is 19.0 Å². The minimum absolute atomic E-state index is 0.212. The lowest BCUT2D eigenvalue weighted by Gasteiger charge is -2.08. The fourth-order valence-electron chi connectivity index (χ4n) is 3.02. The van der Waals surface area contributed by atoms with Crippen LogP contribution in [-0.2, 0) is 17.4 Å². The molecular weight excluding hydrogens is 385 g/mol. The first-order valence-corrected chi connectivity index (χ1v) is 8.62. The quantitative estimate of drug-likeness (QED) is 0.535. The summed E-state index contributed by atoms with van der Waals surface area (Å²) >= 11 is 0. The SMILES string of the molecule is COc1ccc2cc3c(NC(=O)Cc4cccc(C(F)(F)F)c4)n[nH]c3nc2c1. The number of anilines is 1. The van der Waals surface area contributed by atoms with Gasteiger partial charge in [0.05, 0.1) is 30.0 Å². The van der Waals surface area contributed by atoms with Crippen LogP contribution in [0, 0.1) is 0 Å². The summed E-state index contributed by atoms with van der Waals surface area (Å²) in [6.45, 7) is 0. The number of pyridine rings is 1. The summed E-state index contributed by atoms with van der Waals surface area (Å²) in [6, 6.07) is 11.9. The van der Waals surface area contributed by atoms with Gasteiger partial charge in [-0.1, -0.05) is 18.2 Å². The van der Waals surface area contributed by atoms with Crippen molar-refractivity contribution in [1.29, 1.82) is 0 Å². The van der Waals surface area contributed by atoms with Crippen LogP contribution in [-0.4, -0.2) is 28.2 Å². The Kier molecular flexibility index (Phi) is 4.57. The molecule has 1 amide bonds. The van der Waals surface area contributed by atoms with E-state index in [1.807, 2.05) is 12.1 Å². The maximum absolute atomic E-state index is 12.8. The number of benzene rings is 2. The fourth-order valence-corrected chi connectivity index (χ4v) is 3.02. The standard InChI is InChI=1S/C20H15F3N4O2/c1-29-14-6-5-12-9-15-18(24-16(12)10-14)26-27-19(15)25-17(28)8-11-3-2-4-13(7-11)20(21,22)23/h2-7,9-10H,8H2,1H3,(H2,24,25,26,27,28). The molecule has 2 heterocycles. The van der Waals surface area contributed by atoms with Gasteiger partial charge in [0.2, 0.25) is 5.91 Å². The Morgan fingerprint density at radius 2 is 2.00 bits per heavy atom. The number of ether oxygens (including phenoxy) is 1. The topological polar surface area (TPSA) is 79.9 Å². The number of carbonyl (C=O) groups is 1. The van der Waals surface area contributed by atoms with Gasteiger partial charge in [-0.15, -0.1) is 0 Å². The van der Waals surface area contributed by atoms with E-state index in [4.69, 9.17) is 4.74 Å². The molecule has 4 aromatic rings. The lowest BCUT2D eigenvalue weighted by atomic mass is 10.1. The molecular formula is C20H15F3N4O2. The number of nitrogens with one attached hydrogen (secondary N) is 2. The number of hydrogen-bond acceptors (Lipinski definition) is 4. The van der Waals surface area contributed by atoms with Crippen molar-refractivity contribution < 1.29 is 22.7 Å². The highest BCUT2D eigenvalue weighted by atomic mass is 19.4. The highest BCUT2D eigenvalue weighted by Crippen LogP contribution is 2.30. The second-order valence-corrected chi connectivity index (χ2v) is 6.44. The van der Waals surface area contributed by atoms with Crippen molar-refractivity contribution in [2.24, 2.45) is 0 Å². The number of nitrogens with zero attached hydrogens (tertiary/aromatic N) is 2. The number of H-pyrrole nitrogens is 1. The maximum atomic E-state index is 12.8. The zero-order valence-corrected chi connectivity index (χ0v) is 15.2. The second kappa shape index (κ2) is 7.08. The van der Waals surface area contributed by atoms with Gasteiger partial charge in [-0.25, -0.2) is 4.98 Å². The van der Waals surface area contributed by atoms with Gasteiger partial charge in [0.25, 0.3) is 0 Å². The van der Waals surface area contributed by atoms with Crippen LogP contribution in [0.5, 0.6) is 5.75 Å². The van der Waals surface area contributed by atoms with Crippen LogP contribution in [0.3, 0.4) is 0 Å². The number of methoxy groups -OCH3 is 1. The van der Waals surface area contributed by atoms with Gasteiger partial charge in [0.1, 0.15) is 5.75 Å². The molecule has 9 heteroatoms. The van der Waals surface area contributed by atoms with E-state index in [2.05, 4.69) is 20.5 Å². The molecule has 2 N–H and O–H groups in total. The third-order valence-corrected chi connectivity index (χ3v) is 4.43. The summed E-state index contributed by atoms with van der Waals surface area (Å²) in [7, 11) is 1.56. The number of rotatable bonds is 4. The van der Waals surface area contributed by atoms with E-state index in [9.17, 15) is 18.0 Å². The average molecular weight is 400 g/mol. The number of amides is 1. The Morgan fingerprint density at radius 3 is 2.76 bits per heavy atom. The van der Waals surface area contributed by atoms with Crippen molar-refractivity contribution in [1.82, 2.24) is 15.2 Å². The monoisotopic (exact) mass is 400 g/mol. The van der Waals surface area contributed by atoms with E-state index < -0.39 is 17.6 Å². The predicted molar refractivity (Wildman–Crippen MR) is 102 cm³/mol. The van der Waals surface area contributed by atoms with Crippen molar-refractivity contribution in [3.05, 3.63) is 59.7 Å². The summed E-state index contributed by atoms with van der Waals surface area (Å²) < 4.78 is 43.7. The molecule has 4 rings (SSSR count). The van der Waals surface area contributed by atoms with Crippen LogP contribution < -0.4 is 10.1 Å². The fraction of sp³-hybridized carbons (Fsp3) is 0.150. The molecule has 29 heavy (non-hydrogen) atoms. The van der Waals surface area contributed by atoms with E-state index in [0.717, 1.165) is 17.5 Å². The van der Waals surface area contributed by atoms with E-state index in [-0.39, 0.29) is 17.8 Å². The predicted octanol–water partition coefficient (Wildman–Crippen LogP) is 4.32. The molecule has 0 saturated carbocycles. The van der Waals surface area contributed by atoms with E-state index in [1.165, 1.54) is 12.1 Å². The Hall–Kier alpha value is -3.62. The van der Waals surface area contributed by atoms with Crippen molar-refractivity contribution in [3.63, 3.8) is 0 Å². The molecule has 148 valence electrons. The molecule has 6 nitrogen and oxygen atoms in total. The Bertz CT molecular complexity index is 1220. The lowest BCUT2D eigenvalue weighted by molar-refractivity contribution is -0.137. The van der Waals surface area contributed by atoms with Crippen LogP contribution >= 0.6 is 0 Å². The van der Waals surface area contributed by atoms with Crippen molar-refractivity contribution in [2.45, 2.75) is 12.6 Å². The first-order chi connectivity index (χ1) is 13.8. The number of halogens is 3. The molecule has 0 radical (unpaired) electrons. The summed E-state index contributed by atoms with van der Waals surface area (Å²) in [4.78, 5) is 16.8. The second-order valence-electron chi connectivity index (χ2n) is 6.44. The molecule has 0 bridgehead atoms. The molecule has 2 aromatic carbocycles. The first-order valence-electron chi connectivity index (χ1n) is 8.62. The normalized spacial score (nSPS) is 11.7. The van der Waals surface area contributed by atoms with E-state index in [0.29, 0.717) is 22.3 Å². The number of aromatic amines is 1. The molecule has 0 atom stereocenters. The molecule has 0 aliphatic carbocycles. The van der Waals surface area contributed by atoms with Crippen molar-refractivity contribution in [3.8, 4) is 5.75 Å². The highest BCUT2D eigenvalue weighted by molar-refractivity contribution is 6.02. The Balaban J connectivity index is 1.57. The summed E-state index contributed by atoms with van der Waals surface area (Å²) in [5.41, 5.74) is 0.634. The first kappa shape index (κ1) is 18.7. The summed E-state index contributed by atoms with van der Waals surface area (Å²) in [6.07, 6.45) is -4.67. The number of aromatic nitrogens is 3. The van der Waals surface area contributed by atoms with Gasteiger partial charge in [-0.2, -0.15) is 18.3 Å². The number of fused-ring (bicyclic) bond motifs is 2. The van der Waals surface area contributed by atoms with Crippen LogP contribution in [0.25, 0.3) is 21.9 Å². The number of alkyl halides is 3. The molecule has 0 saturated heterocycles. The van der Waals surface area contributed by atoms with Gasteiger partial charge in [-0.3, -0.25) is 9.89 Å². The third kappa shape index (κ3) is 3.84.